The average molecular weight is 368 g/mol. The summed E-state index contributed by atoms with van der Waals surface area (Å²) in [5.74, 6) is 0.419. The molecule has 1 unspecified atom stereocenters. The molecule has 110 valence electrons. The minimum Gasteiger partial charge on any atom is -0.369 e. The lowest BCUT2D eigenvalue weighted by atomic mass is 10.0. The van der Waals surface area contributed by atoms with Crippen LogP contribution in [0.15, 0.2) is 34.1 Å². The van der Waals surface area contributed by atoms with E-state index in [-0.39, 0.29) is 11.9 Å². The van der Waals surface area contributed by atoms with Crippen LogP contribution in [0.3, 0.4) is 0 Å². The van der Waals surface area contributed by atoms with Gasteiger partial charge in [-0.3, -0.25) is 0 Å². The highest BCUT2D eigenvalue weighted by atomic mass is 79.9. The van der Waals surface area contributed by atoms with Gasteiger partial charge in [0.15, 0.2) is 0 Å². The number of thiophene rings is 1. The van der Waals surface area contributed by atoms with Gasteiger partial charge in [-0.25, -0.2) is 9.37 Å². The van der Waals surface area contributed by atoms with E-state index in [0.717, 1.165) is 5.52 Å². The van der Waals surface area contributed by atoms with E-state index in [1.807, 2.05) is 16.0 Å². The summed E-state index contributed by atoms with van der Waals surface area (Å²) in [6.07, 6.45) is 0. The Labute approximate surface area is 134 Å². The summed E-state index contributed by atoms with van der Waals surface area (Å²) in [4.78, 5) is 5.57. The number of halogens is 2. The van der Waals surface area contributed by atoms with Gasteiger partial charge < -0.3 is 10.3 Å². The Hall–Kier alpha value is -1.40. The quantitative estimate of drug-likeness (QED) is 0.720. The lowest BCUT2D eigenvalue weighted by Crippen LogP contribution is -2.17. The van der Waals surface area contributed by atoms with E-state index in [1.54, 1.807) is 17.4 Å². The molecule has 1 atom stereocenters. The van der Waals surface area contributed by atoms with Crippen molar-refractivity contribution in [2.75, 3.05) is 5.73 Å². The van der Waals surface area contributed by atoms with Crippen LogP contribution in [0.1, 0.15) is 24.8 Å². The molecule has 0 radical (unpaired) electrons. The van der Waals surface area contributed by atoms with Crippen molar-refractivity contribution in [3.8, 4) is 0 Å². The Morgan fingerprint density at radius 2 is 2.14 bits per heavy atom. The molecule has 0 aliphatic carbocycles. The number of aromatic nitrogens is 2. The SMILES string of the molecule is CC(C)C(c1cccs1)n1c(N)nc2cc(Br)c(F)cc21. The van der Waals surface area contributed by atoms with Gasteiger partial charge in [-0.05, 0) is 39.4 Å². The minimum absolute atomic E-state index is 0.0515. The highest BCUT2D eigenvalue weighted by Gasteiger charge is 2.24. The molecule has 2 heterocycles. The summed E-state index contributed by atoms with van der Waals surface area (Å²) in [7, 11) is 0. The summed E-state index contributed by atoms with van der Waals surface area (Å²) in [5.41, 5.74) is 7.54. The number of rotatable bonds is 3. The zero-order valence-corrected chi connectivity index (χ0v) is 14.1. The number of nitrogens with zero attached hydrogens (tertiary/aromatic N) is 2. The number of hydrogen-bond acceptors (Lipinski definition) is 3. The van der Waals surface area contributed by atoms with Gasteiger partial charge >= 0.3 is 0 Å². The fourth-order valence-corrected chi connectivity index (χ4v) is 3.93. The smallest absolute Gasteiger partial charge is 0.201 e. The Bertz CT molecular complexity index is 780. The van der Waals surface area contributed by atoms with Crippen LogP contribution in [-0.2, 0) is 0 Å². The van der Waals surface area contributed by atoms with E-state index in [4.69, 9.17) is 5.73 Å². The van der Waals surface area contributed by atoms with Crippen molar-refractivity contribution in [1.29, 1.82) is 0 Å². The average Bonchev–Trinajstić information content (AvgIpc) is 3.01. The number of hydrogen-bond donors (Lipinski definition) is 1. The Morgan fingerprint density at radius 3 is 2.76 bits per heavy atom. The molecule has 0 amide bonds. The van der Waals surface area contributed by atoms with Gasteiger partial charge in [0.2, 0.25) is 5.95 Å². The van der Waals surface area contributed by atoms with Crippen molar-refractivity contribution in [3.63, 3.8) is 0 Å². The van der Waals surface area contributed by atoms with Crippen LogP contribution in [0.5, 0.6) is 0 Å². The molecule has 0 fully saturated rings. The third-order valence-corrected chi connectivity index (χ3v) is 5.05. The van der Waals surface area contributed by atoms with Crippen LogP contribution in [0.2, 0.25) is 0 Å². The molecule has 2 N–H and O–H groups in total. The predicted octanol–water partition coefficient (Wildman–Crippen LogP) is 4.83. The van der Waals surface area contributed by atoms with Crippen LogP contribution >= 0.6 is 27.3 Å². The van der Waals surface area contributed by atoms with Gasteiger partial charge in [0.1, 0.15) is 5.82 Å². The minimum atomic E-state index is -0.308. The van der Waals surface area contributed by atoms with E-state index in [9.17, 15) is 4.39 Å². The Morgan fingerprint density at radius 1 is 1.38 bits per heavy atom. The van der Waals surface area contributed by atoms with Gasteiger partial charge in [-0.1, -0.05) is 19.9 Å². The molecule has 0 aliphatic heterocycles. The first-order valence-corrected chi connectivity index (χ1v) is 8.32. The fourth-order valence-electron chi connectivity index (χ4n) is 2.61. The molecular weight excluding hydrogens is 353 g/mol. The molecule has 0 saturated heterocycles. The second kappa shape index (κ2) is 5.42. The molecule has 3 nitrogen and oxygen atoms in total. The van der Waals surface area contributed by atoms with Crippen molar-refractivity contribution in [3.05, 3.63) is 44.8 Å². The van der Waals surface area contributed by atoms with Crippen LogP contribution in [0.25, 0.3) is 11.0 Å². The summed E-state index contributed by atoms with van der Waals surface area (Å²) in [5, 5.41) is 2.04. The molecule has 21 heavy (non-hydrogen) atoms. The van der Waals surface area contributed by atoms with Gasteiger partial charge in [0.25, 0.3) is 0 Å². The van der Waals surface area contributed by atoms with Gasteiger partial charge in [-0.15, -0.1) is 11.3 Å². The van der Waals surface area contributed by atoms with Crippen molar-refractivity contribution in [2.24, 2.45) is 5.92 Å². The van der Waals surface area contributed by atoms with Crippen molar-refractivity contribution >= 4 is 44.2 Å². The van der Waals surface area contributed by atoms with Crippen LogP contribution in [0, 0.1) is 11.7 Å². The molecule has 0 bridgehead atoms. The fraction of sp³-hybridized carbons (Fsp3) is 0.267. The van der Waals surface area contributed by atoms with Crippen molar-refractivity contribution in [2.45, 2.75) is 19.9 Å². The van der Waals surface area contributed by atoms with Crippen LogP contribution in [-0.4, -0.2) is 9.55 Å². The molecular formula is C15H15BrFN3S. The molecule has 2 aromatic heterocycles. The maximum Gasteiger partial charge on any atom is 0.201 e. The number of nitrogen functional groups attached to an aromatic ring is 1. The van der Waals surface area contributed by atoms with Crippen LogP contribution < -0.4 is 5.73 Å². The topological polar surface area (TPSA) is 43.8 Å². The first kappa shape index (κ1) is 14.5. The van der Waals surface area contributed by atoms with Gasteiger partial charge in [0.05, 0.1) is 21.5 Å². The van der Waals surface area contributed by atoms with Gasteiger partial charge in [0, 0.05) is 10.9 Å². The Balaban J connectivity index is 2.27. The van der Waals surface area contributed by atoms with E-state index >= 15 is 0 Å². The molecule has 6 heteroatoms. The third kappa shape index (κ3) is 2.46. The van der Waals surface area contributed by atoms with E-state index in [1.165, 1.54) is 10.9 Å². The second-order valence-electron chi connectivity index (χ2n) is 5.30. The molecule has 1 aromatic carbocycles. The highest BCUT2D eigenvalue weighted by Crippen LogP contribution is 2.36. The summed E-state index contributed by atoms with van der Waals surface area (Å²) in [6, 6.07) is 7.31. The molecule has 3 aromatic rings. The zero-order chi connectivity index (χ0) is 15.1. The lowest BCUT2D eigenvalue weighted by molar-refractivity contribution is 0.456. The zero-order valence-electron chi connectivity index (χ0n) is 11.7. The normalized spacial score (nSPS) is 13.2. The molecule has 0 aliphatic rings. The largest absolute Gasteiger partial charge is 0.369 e. The number of anilines is 1. The molecule has 0 saturated carbocycles. The summed E-state index contributed by atoms with van der Waals surface area (Å²) < 4.78 is 16.3. The maximum atomic E-state index is 13.9. The van der Waals surface area contributed by atoms with E-state index < -0.39 is 0 Å². The first-order chi connectivity index (χ1) is 9.99. The number of fused-ring (bicyclic) bond motifs is 1. The number of nitrogens with two attached hydrogens (primary N) is 1. The van der Waals surface area contributed by atoms with E-state index in [0.29, 0.717) is 21.9 Å². The second-order valence-corrected chi connectivity index (χ2v) is 7.13. The number of imidazole rings is 1. The molecule has 0 spiro atoms. The maximum absolute atomic E-state index is 13.9. The lowest BCUT2D eigenvalue weighted by Gasteiger charge is -2.23. The Kier molecular flexibility index (Phi) is 3.75. The number of benzene rings is 1. The predicted molar refractivity (Wildman–Crippen MR) is 89.1 cm³/mol. The van der Waals surface area contributed by atoms with Crippen molar-refractivity contribution in [1.82, 2.24) is 9.55 Å². The monoisotopic (exact) mass is 367 g/mol. The standard InChI is InChI=1S/C15H15BrFN3S/c1-8(2)14(13-4-3-5-21-13)20-12-7-10(17)9(16)6-11(12)19-15(20)18/h3-8,14H,1-2H3,(H2,18,19). The van der Waals surface area contributed by atoms with Crippen molar-refractivity contribution < 1.29 is 4.39 Å². The van der Waals surface area contributed by atoms with E-state index in [2.05, 4.69) is 40.8 Å². The highest BCUT2D eigenvalue weighted by molar-refractivity contribution is 9.10. The van der Waals surface area contributed by atoms with Gasteiger partial charge in [-0.2, -0.15) is 0 Å². The third-order valence-electron chi connectivity index (χ3n) is 3.50. The summed E-state index contributed by atoms with van der Waals surface area (Å²) in [6.45, 7) is 4.26. The molecule has 3 rings (SSSR count). The first-order valence-electron chi connectivity index (χ1n) is 6.65. The van der Waals surface area contributed by atoms with Crippen LogP contribution in [0.4, 0.5) is 10.3 Å². The summed E-state index contributed by atoms with van der Waals surface area (Å²) >= 11 is 4.87.